The molecule has 3 aromatic rings. The van der Waals surface area contributed by atoms with Gasteiger partial charge in [-0.25, -0.2) is 8.42 Å². The van der Waals surface area contributed by atoms with Gasteiger partial charge in [0.2, 0.25) is 5.89 Å². The van der Waals surface area contributed by atoms with Gasteiger partial charge in [0.15, 0.2) is 15.7 Å². The molecule has 11 heteroatoms. The van der Waals surface area contributed by atoms with E-state index in [9.17, 15) is 8.42 Å². The van der Waals surface area contributed by atoms with Crippen molar-refractivity contribution >= 4 is 21.6 Å². The van der Waals surface area contributed by atoms with Crippen molar-refractivity contribution in [1.29, 1.82) is 0 Å². The quantitative estimate of drug-likeness (QED) is 0.565. The van der Waals surface area contributed by atoms with Crippen molar-refractivity contribution in [2.24, 2.45) is 5.92 Å². The molecule has 1 aliphatic rings. The lowest BCUT2D eigenvalue weighted by molar-refractivity contribution is 0.388. The summed E-state index contributed by atoms with van der Waals surface area (Å²) in [6.07, 6.45) is 1.14. The van der Waals surface area contributed by atoms with Crippen molar-refractivity contribution in [2.75, 3.05) is 11.5 Å². The second kappa shape index (κ2) is 7.39. The van der Waals surface area contributed by atoms with Gasteiger partial charge in [-0.3, -0.25) is 0 Å². The Kier molecular flexibility index (Phi) is 4.96. The fourth-order valence-electron chi connectivity index (χ4n) is 3.05. The van der Waals surface area contributed by atoms with Crippen LogP contribution in [0.3, 0.4) is 0 Å². The predicted molar refractivity (Wildman–Crippen MR) is 98.2 cm³/mol. The first-order valence-corrected chi connectivity index (χ1v) is 11.2. The van der Waals surface area contributed by atoms with E-state index in [1.807, 2.05) is 37.3 Å². The fourth-order valence-corrected chi connectivity index (χ4v) is 5.70. The van der Waals surface area contributed by atoms with Crippen LogP contribution in [0.1, 0.15) is 30.3 Å². The standard InChI is InChI=1S/C16H18N6O3S2/c1-11(15-18-20-21-22(15)13-5-3-2-4-6-13)26-16-19-17-14(25-16)9-12-7-8-27(23,24)10-12/h2-6,11-12H,7-10H2,1H3. The van der Waals surface area contributed by atoms with E-state index < -0.39 is 9.84 Å². The first kappa shape index (κ1) is 18.1. The van der Waals surface area contributed by atoms with Crippen LogP contribution >= 0.6 is 11.8 Å². The Hall–Kier alpha value is -2.27. The fraction of sp³-hybridized carbons (Fsp3) is 0.438. The third-order valence-electron chi connectivity index (χ3n) is 4.37. The van der Waals surface area contributed by atoms with Crippen LogP contribution in [-0.4, -0.2) is 50.3 Å². The lowest BCUT2D eigenvalue weighted by atomic mass is 10.1. The minimum absolute atomic E-state index is 0.0519. The minimum Gasteiger partial charge on any atom is -0.416 e. The third-order valence-corrected chi connectivity index (χ3v) is 7.14. The van der Waals surface area contributed by atoms with E-state index in [0.29, 0.717) is 29.8 Å². The van der Waals surface area contributed by atoms with Crippen LogP contribution in [-0.2, 0) is 16.3 Å². The largest absolute Gasteiger partial charge is 0.416 e. The van der Waals surface area contributed by atoms with Crippen molar-refractivity contribution in [1.82, 2.24) is 30.4 Å². The highest BCUT2D eigenvalue weighted by molar-refractivity contribution is 7.99. The summed E-state index contributed by atoms with van der Waals surface area (Å²) in [5, 5.41) is 20.4. The molecule has 2 unspecified atom stereocenters. The number of tetrazole rings is 1. The molecule has 1 saturated heterocycles. The van der Waals surface area contributed by atoms with Crippen molar-refractivity contribution in [3.63, 3.8) is 0 Å². The lowest BCUT2D eigenvalue weighted by Gasteiger charge is -2.08. The Morgan fingerprint density at radius 3 is 2.81 bits per heavy atom. The normalized spacial score (nSPS) is 20.0. The third kappa shape index (κ3) is 4.19. The van der Waals surface area contributed by atoms with E-state index in [2.05, 4.69) is 25.7 Å². The van der Waals surface area contributed by atoms with E-state index in [-0.39, 0.29) is 22.7 Å². The molecule has 3 heterocycles. The van der Waals surface area contributed by atoms with Crippen LogP contribution < -0.4 is 0 Å². The molecule has 4 rings (SSSR count). The smallest absolute Gasteiger partial charge is 0.277 e. The molecule has 0 aliphatic carbocycles. The van der Waals surface area contributed by atoms with Gasteiger partial charge < -0.3 is 4.42 Å². The topological polar surface area (TPSA) is 117 Å². The maximum absolute atomic E-state index is 11.6. The van der Waals surface area contributed by atoms with Gasteiger partial charge in [0.25, 0.3) is 5.22 Å². The summed E-state index contributed by atoms with van der Waals surface area (Å²) in [5.74, 6) is 1.63. The molecular weight excluding hydrogens is 388 g/mol. The molecule has 2 aromatic heterocycles. The second-order valence-corrected chi connectivity index (χ2v) is 10.0. The summed E-state index contributed by atoms with van der Waals surface area (Å²) < 4.78 is 30.5. The molecule has 0 amide bonds. The van der Waals surface area contributed by atoms with Gasteiger partial charge >= 0.3 is 0 Å². The number of sulfone groups is 1. The molecule has 1 aliphatic heterocycles. The summed E-state index contributed by atoms with van der Waals surface area (Å²) >= 11 is 1.37. The first-order valence-electron chi connectivity index (χ1n) is 8.53. The summed E-state index contributed by atoms with van der Waals surface area (Å²) in [4.78, 5) is 0. The van der Waals surface area contributed by atoms with Crippen LogP contribution in [0.2, 0.25) is 0 Å². The molecule has 2 atom stereocenters. The van der Waals surface area contributed by atoms with E-state index in [0.717, 1.165) is 5.69 Å². The Labute approximate surface area is 160 Å². The molecule has 9 nitrogen and oxygen atoms in total. The highest BCUT2D eigenvalue weighted by Crippen LogP contribution is 2.34. The maximum Gasteiger partial charge on any atom is 0.277 e. The van der Waals surface area contributed by atoms with E-state index in [1.54, 1.807) is 4.68 Å². The van der Waals surface area contributed by atoms with Crippen LogP contribution in [0.5, 0.6) is 0 Å². The zero-order valence-electron chi connectivity index (χ0n) is 14.6. The average molecular weight is 406 g/mol. The molecule has 0 N–H and O–H groups in total. The number of nitrogens with zero attached hydrogens (tertiary/aromatic N) is 6. The molecule has 0 saturated carbocycles. The monoisotopic (exact) mass is 406 g/mol. The number of thioether (sulfide) groups is 1. The minimum atomic E-state index is -2.91. The summed E-state index contributed by atoms with van der Waals surface area (Å²) in [7, 11) is -2.91. The van der Waals surface area contributed by atoms with Gasteiger partial charge in [-0.1, -0.05) is 30.0 Å². The van der Waals surface area contributed by atoms with Gasteiger partial charge in [0, 0.05) is 6.42 Å². The van der Waals surface area contributed by atoms with E-state index >= 15 is 0 Å². The number of benzene rings is 1. The number of para-hydroxylation sites is 1. The molecular formula is C16H18N6O3S2. The van der Waals surface area contributed by atoms with Crippen molar-refractivity contribution in [3.05, 3.63) is 42.0 Å². The lowest BCUT2D eigenvalue weighted by Crippen LogP contribution is -2.07. The van der Waals surface area contributed by atoms with E-state index in [4.69, 9.17) is 4.42 Å². The number of rotatable bonds is 6. The summed E-state index contributed by atoms with van der Waals surface area (Å²) in [6, 6.07) is 9.63. The van der Waals surface area contributed by atoms with Gasteiger partial charge in [-0.05, 0) is 41.8 Å². The van der Waals surface area contributed by atoms with Gasteiger partial charge in [-0.2, -0.15) is 4.68 Å². The first-order chi connectivity index (χ1) is 13.0. The Bertz CT molecular complexity index is 1020. The average Bonchev–Trinajstić information content (AvgIpc) is 3.36. The van der Waals surface area contributed by atoms with Crippen LogP contribution in [0.15, 0.2) is 40.0 Å². The van der Waals surface area contributed by atoms with Crippen molar-refractivity contribution in [2.45, 2.75) is 30.2 Å². The van der Waals surface area contributed by atoms with E-state index in [1.165, 1.54) is 11.8 Å². The van der Waals surface area contributed by atoms with Crippen LogP contribution in [0.4, 0.5) is 0 Å². The van der Waals surface area contributed by atoms with Gasteiger partial charge in [0.1, 0.15) is 0 Å². The number of aromatic nitrogens is 6. The van der Waals surface area contributed by atoms with Gasteiger partial charge in [0.05, 0.1) is 22.4 Å². The highest BCUT2D eigenvalue weighted by Gasteiger charge is 2.29. The van der Waals surface area contributed by atoms with Crippen LogP contribution in [0, 0.1) is 5.92 Å². The summed E-state index contributed by atoms with van der Waals surface area (Å²) in [5.41, 5.74) is 0.874. The Morgan fingerprint density at radius 1 is 1.26 bits per heavy atom. The van der Waals surface area contributed by atoms with Crippen LogP contribution in [0.25, 0.3) is 5.69 Å². The SMILES string of the molecule is CC(Sc1nnc(CC2CCS(=O)(=O)C2)o1)c1nnnn1-c1ccccc1. The Morgan fingerprint density at radius 2 is 2.07 bits per heavy atom. The number of hydrogen-bond acceptors (Lipinski definition) is 9. The zero-order valence-corrected chi connectivity index (χ0v) is 16.2. The van der Waals surface area contributed by atoms with Gasteiger partial charge in [-0.15, -0.1) is 15.3 Å². The summed E-state index contributed by atoms with van der Waals surface area (Å²) in [6.45, 7) is 1.96. The second-order valence-electron chi connectivity index (χ2n) is 6.48. The maximum atomic E-state index is 11.6. The molecule has 0 spiro atoms. The molecule has 142 valence electrons. The Balaban J connectivity index is 1.43. The molecule has 0 bridgehead atoms. The number of hydrogen-bond donors (Lipinski definition) is 0. The molecule has 1 aromatic carbocycles. The molecule has 0 radical (unpaired) electrons. The van der Waals surface area contributed by atoms with Crippen molar-refractivity contribution < 1.29 is 12.8 Å². The zero-order chi connectivity index (χ0) is 18.9. The predicted octanol–water partition coefficient (Wildman–Crippen LogP) is 1.88. The molecule has 1 fully saturated rings. The molecule has 27 heavy (non-hydrogen) atoms. The van der Waals surface area contributed by atoms with Crippen molar-refractivity contribution in [3.8, 4) is 5.69 Å². The highest BCUT2D eigenvalue weighted by atomic mass is 32.2.